The van der Waals surface area contributed by atoms with E-state index in [1.54, 1.807) is 28.8 Å². The summed E-state index contributed by atoms with van der Waals surface area (Å²) in [6.45, 7) is 7.68. The number of carboxylic acids is 1. The number of pyridine rings is 1. The summed E-state index contributed by atoms with van der Waals surface area (Å²) in [6, 6.07) is 8.21. The Bertz CT molecular complexity index is 1090. The molecule has 0 saturated heterocycles. The monoisotopic (exact) mass is 416 g/mol. The molecule has 0 aliphatic heterocycles. The van der Waals surface area contributed by atoms with E-state index in [0.717, 1.165) is 10.6 Å². The highest BCUT2D eigenvalue weighted by atomic mass is 35.5. The first kappa shape index (κ1) is 20.8. The highest BCUT2D eigenvalue weighted by Crippen LogP contribution is 2.27. The molecule has 0 spiro atoms. The number of rotatable bonds is 6. The molecule has 152 valence electrons. The van der Waals surface area contributed by atoms with Gasteiger partial charge in [0.15, 0.2) is 11.3 Å². The number of aromatic nitrogens is 3. The number of carboxylic acid groups (broad SMARTS) is 1. The van der Waals surface area contributed by atoms with E-state index in [2.05, 4.69) is 9.97 Å². The van der Waals surface area contributed by atoms with E-state index in [1.165, 1.54) is 6.07 Å². The van der Waals surface area contributed by atoms with Gasteiger partial charge in [0, 0.05) is 5.02 Å². The molecule has 8 nitrogen and oxygen atoms in total. The lowest BCUT2D eigenvalue weighted by Gasteiger charge is -2.26. The summed E-state index contributed by atoms with van der Waals surface area (Å²) in [7, 11) is 0. The van der Waals surface area contributed by atoms with E-state index >= 15 is 0 Å². The van der Waals surface area contributed by atoms with Crippen LogP contribution in [0.5, 0.6) is 0 Å². The third-order valence-electron chi connectivity index (χ3n) is 4.09. The molecule has 0 fully saturated rings. The van der Waals surface area contributed by atoms with Crippen LogP contribution in [0.3, 0.4) is 0 Å². The average Bonchev–Trinajstić information content (AvgIpc) is 2.95. The molecule has 0 saturated carbocycles. The minimum Gasteiger partial charge on any atom is -0.477 e. The molecule has 0 bridgehead atoms. The molecule has 0 unspecified atom stereocenters. The van der Waals surface area contributed by atoms with Crippen molar-refractivity contribution in [3.8, 4) is 0 Å². The molecule has 0 aliphatic rings. The van der Waals surface area contributed by atoms with E-state index in [9.17, 15) is 14.7 Å². The minimum atomic E-state index is -1.10. The quantitative estimate of drug-likeness (QED) is 0.484. The topological polar surface area (TPSA) is 97.5 Å². The van der Waals surface area contributed by atoms with Crippen LogP contribution >= 0.6 is 11.6 Å². The summed E-state index contributed by atoms with van der Waals surface area (Å²) in [6.07, 6.45) is 0.585. The van der Waals surface area contributed by atoms with Crippen molar-refractivity contribution >= 4 is 40.8 Å². The molecule has 0 atom stereocenters. The third-order valence-corrected chi connectivity index (χ3v) is 4.44. The Morgan fingerprint density at radius 1 is 1.28 bits per heavy atom. The zero-order chi connectivity index (χ0) is 21.3. The Kier molecular flexibility index (Phi) is 5.59. The number of anilines is 1. The molecule has 0 aliphatic carbocycles. The number of halogens is 1. The van der Waals surface area contributed by atoms with Crippen molar-refractivity contribution in [2.45, 2.75) is 39.8 Å². The molecule has 3 rings (SSSR count). The standard InChI is InChI=1S/C20H21ClN4O4/c1-12-22-16-7-8-17(19(27)28)23-18(16)24(12)10-13-5-6-14(9-15(13)21)25(11-26)29-20(2,3)4/h5-9,11H,10H2,1-4H3,(H,27,28). The zero-order valence-corrected chi connectivity index (χ0v) is 17.3. The Labute approximate surface area is 172 Å². The summed E-state index contributed by atoms with van der Waals surface area (Å²) >= 11 is 6.46. The van der Waals surface area contributed by atoms with Crippen LogP contribution < -0.4 is 5.06 Å². The number of aromatic carboxylic acids is 1. The molecule has 1 N–H and O–H groups in total. The lowest BCUT2D eigenvalue weighted by molar-refractivity contribution is -0.120. The molecule has 3 aromatic rings. The van der Waals surface area contributed by atoms with Crippen LogP contribution in [-0.2, 0) is 16.2 Å². The van der Waals surface area contributed by atoms with Gasteiger partial charge in [-0.3, -0.25) is 9.63 Å². The molecule has 2 aromatic heterocycles. The number of amides is 1. The van der Waals surface area contributed by atoms with Gasteiger partial charge in [-0.2, -0.15) is 5.06 Å². The summed E-state index contributed by atoms with van der Waals surface area (Å²) in [5, 5.41) is 10.8. The van der Waals surface area contributed by atoms with Crippen LogP contribution in [0.15, 0.2) is 30.3 Å². The SMILES string of the molecule is Cc1nc2ccc(C(=O)O)nc2n1Cc1ccc(N(C=O)OC(C)(C)C)cc1Cl. The van der Waals surface area contributed by atoms with Crippen LogP contribution in [0.4, 0.5) is 5.69 Å². The number of imidazole rings is 1. The minimum absolute atomic E-state index is 0.0546. The first-order chi connectivity index (χ1) is 13.6. The maximum atomic E-state index is 11.4. The lowest BCUT2D eigenvalue weighted by Crippen LogP contribution is -2.33. The van der Waals surface area contributed by atoms with Gasteiger partial charge in [0.25, 0.3) is 0 Å². The van der Waals surface area contributed by atoms with Crippen molar-refractivity contribution in [3.63, 3.8) is 0 Å². The Balaban J connectivity index is 1.95. The fourth-order valence-electron chi connectivity index (χ4n) is 2.83. The number of hydrogen-bond acceptors (Lipinski definition) is 5. The van der Waals surface area contributed by atoms with Gasteiger partial charge in [-0.1, -0.05) is 17.7 Å². The number of benzene rings is 1. The van der Waals surface area contributed by atoms with Gasteiger partial charge in [-0.25, -0.2) is 14.8 Å². The van der Waals surface area contributed by atoms with E-state index < -0.39 is 11.6 Å². The predicted molar refractivity (Wildman–Crippen MR) is 109 cm³/mol. The second-order valence-electron chi connectivity index (χ2n) is 7.50. The predicted octanol–water partition coefficient (Wildman–Crippen LogP) is 3.83. The van der Waals surface area contributed by atoms with Crippen molar-refractivity contribution in [2.75, 3.05) is 5.06 Å². The smallest absolute Gasteiger partial charge is 0.354 e. The molecule has 1 amide bonds. The van der Waals surface area contributed by atoms with Crippen LogP contribution in [0.2, 0.25) is 5.02 Å². The second kappa shape index (κ2) is 7.81. The van der Waals surface area contributed by atoms with Crippen molar-refractivity contribution < 1.29 is 19.5 Å². The molecule has 9 heteroatoms. The van der Waals surface area contributed by atoms with Gasteiger partial charge in [0.2, 0.25) is 6.41 Å². The van der Waals surface area contributed by atoms with E-state index in [4.69, 9.17) is 16.4 Å². The molecule has 2 heterocycles. The number of aryl methyl sites for hydroxylation is 1. The Morgan fingerprint density at radius 3 is 2.59 bits per heavy atom. The van der Waals surface area contributed by atoms with Crippen molar-refractivity contribution in [1.82, 2.24) is 14.5 Å². The van der Waals surface area contributed by atoms with Gasteiger partial charge >= 0.3 is 5.97 Å². The summed E-state index contributed by atoms with van der Waals surface area (Å²) in [5.41, 5.74) is 1.73. The van der Waals surface area contributed by atoms with Gasteiger partial charge < -0.3 is 9.67 Å². The summed E-state index contributed by atoms with van der Waals surface area (Å²) in [5.74, 6) is -0.423. The largest absolute Gasteiger partial charge is 0.477 e. The third kappa shape index (κ3) is 4.55. The number of hydroxylamine groups is 1. The first-order valence-electron chi connectivity index (χ1n) is 8.88. The zero-order valence-electron chi connectivity index (χ0n) is 16.5. The maximum Gasteiger partial charge on any atom is 0.354 e. The maximum absolute atomic E-state index is 11.4. The van der Waals surface area contributed by atoms with Crippen LogP contribution in [0.25, 0.3) is 11.2 Å². The van der Waals surface area contributed by atoms with Crippen LogP contribution in [-0.4, -0.2) is 37.6 Å². The van der Waals surface area contributed by atoms with Gasteiger partial charge in [0.05, 0.1) is 17.8 Å². The van der Waals surface area contributed by atoms with Gasteiger partial charge in [-0.15, -0.1) is 0 Å². The van der Waals surface area contributed by atoms with Gasteiger partial charge in [0.1, 0.15) is 11.3 Å². The summed E-state index contributed by atoms with van der Waals surface area (Å²) < 4.78 is 1.80. The van der Waals surface area contributed by atoms with E-state index in [1.807, 2.05) is 27.7 Å². The fraction of sp³-hybridized carbons (Fsp3) is 0.300. The summed E-state index contributed by atoms with van der Waals surface area (Å²) in [4.78, 5) is 36.9. The Morgan fingerprint density at radius 2 is 2.00 bits per heavy atom. The molecular formula is C20H21ClN4O4. The number of hydrogen-bond donors (Lipinski definition) is 1. The van der Waals surface area contributed by atoms with Crippen LogP contribution in [0.1, 0.15) is 42.6 Å². The Hall–Kier alpha value is -2.97. The average molecular weight is 417 g/mol. The highest BCUT2D eigenvalue weighted by molar-refractivity contribution is 6.31. The van der Waals surface area contributed by atoms with Crippen molar-refractivity contribution in [1.29, 1.82) is 0 Å². The number of carbonyl (C=O) groups excluding carboxylic acids is 1. The highest BCUT2D eigenvalue weighted by Gasteiger charge is 2.19. The fourth-order valence-corrected chi connectivity index (χ4v) is 3.06. The van der Waals surface area contributed by atoms with Crippen molar-refractivity contribution in [2.24, 2.45) is 0 Å². The first-order valence-corrected chi connectivity index (χ1v) is 9.26. The van der Waals surface area contributed by atoms with E-state index in [0.29, 0.717) is 40.7 Å². The number of nitrogens with zero attached hydrogens (tertiary/aromatic N) is 4. The number of carbonyl (C=O) groups is 2. The normalized spacial score (nSPS) is 11.6. The molecule has 1 aromatic carbocycles. The molecular weight excluding hydrogens is 396 g/mol. The second-order valence-corrected chi connectivity index (χ2v) is 7.91. The number of fused-ring (bicyclic) bond motifs is 1. The van der Waals surface area contributed by atoms with Gasteiger partial charge in [-0.05, 0) is 57.5 Å². The van der Waals surface area contributed by atoms with Crippen molar-refractivity contribution in [3.05, 3.63) is 52.4 Å². The molecule has 29 heavy (non-hydrogen) atoms. The molecule has 0 radical (unpaired) electrons. The lowest BCUT2D eigenvalue weighted by atomic mass is 10.2. The van der Waals surface area contributed by atoms with Crippen LogP contribution in [0, 0.1) is 6.92 Å². The van der Waals surface area contributed by atoms with E-state index in [-0.39, 0.29) is 5.69 Å².